The zero-order valence-corrected chi connectivity index (χ0v) is 11.9. The van der Waals surface area contributed by atoms with Gasteiger partial charge in [-0.2, -0.15) is 0 Å². The first kappa shape index (κ1) is 14.0. The molecule has 4 nitrogen and oxygen atoms in total. The van der Waals surface area contributed by atoms with Crippen LogP contribution in [0.4, 0.5) is 5.69 Å². The highest BCUT2D eigenvalue weighted by Gasteiger charge is 2.22. The van der Waals surface area contributed by atoms with Gasteiger partial charge in [0, 0.05) is 29.4 Å². The average Bonchev–Trinajstić information content (AvgIpc) is 2.37. The van der Waals surface area contributed by atoms with Crippen LogP contribution in [0.1, 0.15) is 31.7 Å². The summed E-state index contributed by atoms with van der Waals surface area (Å²) >= 11 is 6.00. The first-order chi connectivity index (χ1) is 9.15. The highest BCUT2D eigenvalue weighted by molar-refractivity contribution is 6.31. The minimum Gasteiger partial charge on any atom is -0.409 e. The minimum absolute atomic E-state index is 0.101. The van der Waals surface area contributed by atoms with Gasteiger partial charge in [0.15, 0.2) is 5.84 Å². The van der Waals surface area contributed by atoms with E-state index in [1.54, 1.807) is 6.07 Å². The Hall–Kier alpha value is -1.42. The zero-order chi connectivity index (χ0) is 13.8. The molecule has 0 radical (unpaired) electrons. The highest BCUT2D eigenvalue weighted by Crippen LogP contribution is 2.31. The van der Waals surface area contributed by atoms with Crippen molar-refractivity contribution in [1.29, 1.82) is 0 Å². The van der Waals surface area contributed by atoms with Gasteiger partial charge in [0.1, 0.15) is 0 Å². The fraction of sp³-hybridized carbons (Fsp3) is 0.500. The lowest BCUT2D eigenvalue weighted by Crippen LogP contribution is -2.34. The van der Waals surface area contributed by atoms with Crippen LogP contribution in [0.5, 0.6) is 0 Å². The molecule has 0 bridgehead atoms. The average molecular weight is 282 g/mol. The lowest BCUT2D eigenvalue weighted by molar-refractivity contribution is 0.317. The quantitative estimate of drug-likeness (QED) is 0.377. The Balaban J connectivity index is 2.29. The van der Waals surface area contributed by atoms with E-state index in [4.69, 9.17) is 22.5 Å². The SMILES string of the molecule is CCN(CC1CCC1)c1ccc(Cl)cc1/C(N)=N/O. The molecule has 0 aromatic heterocycles. The van der Waals surface area contributed by atoms with Gasteiger partial charge in [-0.25, -0.2) is 0 Å². The van der Waals surface area contributed by atoms with Crippen LogP contribution >= 0.6 is 11.6 Å². The number of oxime groups is 1. The summed E-state index contributed by atoms with van der Waals surface area (Å²) in [6.45, 7) is 4.02. The summed E-state index contributed by atoms with van der Waals surface area (Å²) in [5, 5.41) is 12.6. The van der Waals surface area contributed by atoms with Gasteiger partial charge in [-0.15, -0.1) is 0 Å². The summed E-state index contributed by atoms with van der Waals surface area (Å²) in [6, 6.07) is 5.53. The van der Waals surface area contributed by atoms with Crippen LogP contribution in [0.25, 0.3) is 0 Å². The third kappa shape index (κ3) is 3.13. The van der Waals surface area contributed by atoms with E-state index in [-0.39, 0.29) is 5.84 Å². The molecule has 0 amide bonds. The number of hydrogen-bond acceptors (Lipinski definition) is 3. The topological polar surface area (TPSA) is 61.8 Å². The zero-order valence-electron chi connectivity index (χ0n) is 11.1. The molecule has 3 N–H and O–H groups in total. The maximum absolute atomic E-state index is 8.90. The van der Waals surface area contributed by atoms with Gasteiger partial charge >= 0.3 is 0 Å². The van der Waals surface area contributed by atoms with Crippen LogP contribution in [0, 0.1) is 5.92 Å². The summed E-state index contributed by atoms with van der Waals surface area (Å²) < 4.78 is 0. The second-order valence-corrected chi connectivity index (χ2v) is 5.42. The van der Waals surface area contributed by atoms with Crippen molar-refractivity contribution in [1.82, 2.24) is 0 Å². The number of rotatable bonds is 5. The van der Waals surface area contributed by atoms with Crippen molar-refractivity contribution < 1.29 is 5.21 Å². The molecule has 2 rings (SSSR count). The molecule has 19 heavy (non-hydrogen) atoms. The number of halogens is 1. The van der Waals surface area contributed by atoms with Gasteiger partial charge < -0.3 is 15.8 Å². The summed E-state index contributed by atoms with van der Waals surface area (Å²) in [5.41, 5.74) is 7.42. The normalized spacial score (nSPS) is 16.2. The molecule has 1 aromatic rings. The van der Waals surface area contributed by atoms with Crippen LogP contribution in [0.3, 0.4) is 0 Å². The predicted molar refractivity (Wildman–Crippen MR) is 79.2 cm³/mol. The number of hydrogen-bond donors (Lipinski definition) is 2. The number of anilines is 1. The van der Waals surface area contributed by atoms with E-state index in [9.17, 15) is 0 Å². The maximum Gasteiger partial charge on any atom is 0.172 e. The molecule has 0 heterocycles. The number of amidine groups is 1. The van der Waals surface area contributed by atoms with E-state index in [0.29, 0.717) is 10.6 Å². The van der Waals surface area contributed by atoms with E-state index >= 15 is 0 Å². The van der Waals surface area contributed by atoms with E-state index in [1.807, 2.05) is 12.1 Å². The monoisotopic (exact) mass is 281 g/mol. The van der Waals surface area contributed by atoms with Crippen molar-refractivity contribution in [3.8, 4) is 0 Å². The van der Waals surface area contributed by atoms with Gasteiger partial charge in [0.25, 0.3) is 0 Å². The van der Waals surface area contributed by atoms with E-state index < -0.39 is 0 Å². The van der Waals surface area contributed by atoms with Crippen LogP contribution < -0.4 is 10.6 Å². The van der Waals surface area contributed by atoms with E-state index in [2.05, 4.69) is 17.0 Å². The van der Waals surface area contributed by atoms with Crippen molar-refractivity contribution in [2.45, 2.75) is 26.2 Å². The molecule has 0 aliphatic heterocycles. The predicted octanol–water partition coefficient (Wildman–Crippen LogP) is 3.06. The summed E-state index contributed by atoms with van der Waals surface area (Å²) in [6.07, 6.45) is 3.92. The fourth-order valence-corrected chi connectivity index (χ4v) is 2.60. The van der Waals surface area contributed by atoms with E-state index in [0.717, 1.165) is 24.7 Å². The van der Waals surface area contributed by atoms with Crippen molar-refractivity contribution in [3.05, 3.63) is 28.8 Å². The largest absolute Gasteiger partial charge is 0.409 e. The Morgan fingerprint density at radius 1 is 1.53 bits per heavy atom. The summed E-state index contributed by atoms with van der Waals surface area (Å²) in [4.78, 5) is 2.27. The van der Waals surface area contributed by atoms with E-state index in [1.165, 1.54) is 19.3 Å². The second kappa shape index (κ2) is 6.15. The molecule has 0 atom stereocenters. The molecular formula is C14H20ClN3O. The Morgan fingerprint density at radius 3 is 2.79 bits per heavy atom. The molecule has 1 aromatic carbocycles. The maximum atomic E-state index is 8.90. The molecule has 0 unspecified atom stereocenters. The molecule has 0 spiro atoms. The Kier molecular flexibility index (Phi) is 4.53. The third-order valence-corrected chi connectivity index (χ3v) is 4.00. The van der Waals surface area contributed by atoms with Gasteiger partial charge in [-0.05, 0) is 43.9 Å². The number of nitrogens with two attached hydrogens (primary N) is 1. The van der Waals surface area contributed by atoms with Crippen molar-refractivity contribution in [2.24, 2.45) is 16.8 Å². The first-order valence-electron chi connectivity index (χ1n) is 6.68. The molecule has 5 heteroatoms. The summed E-state index contributed by atoms with van der Waals surface area (Å²) in [7, 11) is 0. The first-order valence-corrected chi connectivity index (χ1v) is 7.06. The number of benzene rings is 1. The smallest absolute Gasteiger partial charge is 0.172 e. The van der Waals surface area contributed by atoms with Gasteiger partial charge in [-0.1, -0.05) is 23.2 Å². The molecule has 0 saturated heterocycles. The van der Waals surface area contributed by atoms with Crippen molar-refractivity contribution >= 4 is 23.1 Å². The van der Waals surface area contributed by atoms with Crippen molar-refractivity contribution in [3.63, 3.8) is 0 Å². The van der Waals surface area contributed by atoms with Crippen LogP contribution in [-0.4, -0.2) is 24.1 Å². The standard InChI is InChI=1S/C14H20ClN3O/c1-2-18(9-10-4-3-5-10)13-7-6-11(15)8-12(13)14(16)17-19/h6-8,10,19H,2-5,9H2,1H3,(H2,16,17). The molecule has 1 aliphatic carbocycles. The highest BCUT2D eigenvalue weighted by atomic mass is 35.5. The minimum atomic E-state index is 0.101. The lowest BCUT2D eigenvalue weighted by atomic mass is 9.85. The van der Waals surface area contributed by atoms with Crippen molar-refractivity contribution in [2.75, 3.05) is 18.0 Å². The number of nitrogens with zero attached hydrogens (tertiary/aromatic N) is 2. The Morgan fingerprint density at radius 2 is 2.26 bits per heavy atom. The molecule has 104 valence electrons. The Bertz CT molecular complexity index is 472. The molecular weight excluding hydrogens is 262 g/mol. The van der Waals surface area contributed by atoms with Crippen LogP contribution in [0.15, 0.2) is 23.4 Å². The molecule has 1 aliphatic rings. The van der Waals surface area contributed by atoms with Gasteiger partial charge in [0.05, 0.1) is 0 Å². The van der Waals surface area contributed by atoms with Gasteiger partial charge in [-0.3, -0.25) is 0 Å². The Labute approximate surface area is 118 Å². The van der Waals surface area contributed by atoms with Crippen LogP contribution in [-0.2, 0) is 0 Å². The fourth-order valence-electron chi connectivity index (χ4n) is 2.43. The van der Waals surface area contributed by atoms with Gasteiger partial charge in [0.2, 0.25) is 0 Å². The molecule has 1 saturated carbocycles. The molecule has 1 fully saturated rings. The lowest BCUT2D eigenvalue weighted by Gasteiger charge is -2.34. The summed E-state index contributed by atoms with van der Waals surface area (Å²) in [5.74, 6) is 0.861. The third-order valence-electron chi connectivity index (χ3n) is 3.77. The second-order valence-electron chi connectivity index (χ2n) is 4.98. The van der Waals surface area contributed by atoms with Crippen LogP contribution in [0.2, 0.25) is 5.02 Å².